The van der Waals surface area contributed by atoms with Crippen LogP contribution in [0, 0.1) is 0 Å². The lowest BCUT2D eigenvalue weighted by Gasteiger charge is -2.29. The fourth-order valence-electron chi connectivity index (χ4n) is 2.35. The molecule has 0 fully saturated rings. The van der Waals surface area contributed by atoms with Gasteiger partial charge in [0.05, 0.1) is 10.7 Å². The second-order valence-corrected chi connectivity index (χ2v) is 6.88. The van der Waals surface area contributed by atoms with Crippen molar-refractivity contribution in [3.05, 3.63) is 28.8 Å². The number of nitrogens with zero attached hydrogens (tertiary/aromatic N) is 1. The Hall–Kier alpha value is -0.730. The van der Waals surface area contributed by atoms with Gasteiger partial charge in [0.25, 0.3) is 0 Å². The van der Waals surface area contributed by atoms with E-state index >= 15 is 0 Å². The lowest BCUT2D eigenvalue weighted by atomic mass is 10.1. The minimum atomic E-state index is 0.122. The number of anilines is 1. The summed E-state index contributed by atoms with van der Waals surface area (Å²) in [4.78, 5) is 2.29. The summed E-state index contributed by atoms with van der Waals surface area (Å²) in [5.41, 5.74) is 2.48. The molecule has 20 heavy (non-hydrogen) atoms. The van der Waals surface area contributed by atoms with Crippen molar-refractivity contribution >= 4 is 17.3 Å². The van der Waals surface area contributed by atoms with E-state index in [0.29, 0.717) is 6.04 Å². The molecule has 0 spiro atoms. The van der Waals surface area contributed by atoms with Gasteiger partial charge >= 0.3 is 0 Å². The summed E-state index contributed by atoms with van der Waals surface area (Å²) < 4.78 is 0. The van der Waals surface area contributed by atoms with Crippen molar-refractivity contribution in [3.8, 4) is 0 Å². The van der Waals surface area contributed by atoms with Crippen LogP contribution >= 0.6 is 11.6 Å². The average molecular weight is 297 g/mol. The summed E-state index contributed by atoms with van der Waals surface area (Å²) in [6.07, 6.45) is 2.27. The molecule has 0 saturated heterocycles. The zero-order valence-electron chi connectivity index (χ0n) is 13.8. The Balaban J connectivity index is 2.82. The lowest BCUT2D eigenvalue weighted by Crippen LogP contribution is -2.35. The van der Waals surface area contributed by atoms with E-state index in [-0.39, 0.29) is 5.54 Å². The van der Waals surface area contributed by atoms with Crippen molar-refractivity contribution in [1.82, 2.24) is 5.32 Å². The molecular weight excluding hydrogens is 268 g/mol. The Morgan fingerprint density at radius 2 is 1.80 bits per heavy atom. The maximum absolute atomic E-state index is 6.46. The maximum atomic E-state index is 6.46. The first-order valence-electron chi connectivity index (χ1n) is 7.54. The Bertz CT molecular complexity index is 419. The van der Waals surface area contributed by atoms with Gasteiger partial charge in [-0.05, 0) is 51.3 Å². The van der Waals surface area contributed by atoms with Gasteiger partial charge in [-0.25, -0.2) is 0 Å². The smallest absolute Gasteiger partial charge is 0.0642 e. The molecule has 0 unspecified atom stereocenters. The minimum Gasteiger partial charge on any atom is -0.370 e. The summed E-state index contributed by atoms with van der Waals surface area (Å²) in [7, 11) is 2.13. The molecule has 0 aliphatic heterocycles. The van der Waals surface area contributed by atoms with Crippen LogP contribution in [0.2, 0.25) is 5.02 Å². The monoisotopic (exact) mass is 296 g/mol. The van der Waals surface area contributed by atoms with E-state index in [1.807, 2.05) is 0 Å². The van der Waals surface area contributed by atoms with Crippen molar-refractivity contribution in [2.75, 3.05) is 11.9 Å². The number of halogens is 1. The van der Waals surface area contributed by atoms with E-state index in [4.69, 9.17) is 11.6 Å². The van der Waals surface area contributed by atoms with Crippen LogP contribution in [0.3, 0.4) is 0 Å². The van der Waals surface area contributed by atoms with Gasteiger partial charge in [0.2, 0.25) is 0 Å². The summed E-state index contributed by atoms with van der Waals surface area (Å²) in [6.45, 7) is 11.8. The summed E-state index contributed by atoms with van der Waals surface area (Å²) >= 11 is 6.46. The molecule has 1 rings (SSSR count). The molecule has 1 N–H and O–H groups in total. The van der Waals surface area contributed by atoms with Crippen molar-refractivity contribution < 1.29 is 0 Å². The van der Waals surface area contributed by atoms with Crippen molar-refractivity contribution in [2.24, 2.45) is 0 Å². The second kappa shape index (κ2) is 7.33. The molecule has 0 heterocycles. The Labute approximate surface area is 129 Å². The highest BCUT2D eigenvalue weighted by Crippen LogP contribution is 2.28. The molecule has 1 aromatic carbocycles. The van der Waals surface area contributed by atoms with Crippen LogP contribution in [0.1, 0.15) is 53.0 Å². The third-order valence-corrected chi connectivity index (χ3v) is 4.01. The Morgan fingerprint density at radius 3 is 2.25 bits per heavy atom. The predicted octanol–water partition coefficient (Wildman–Crippen LogP) is 4.85. The molecular formula is C17H29ClN2. The Morgan fingerprint density at radius 1 is 1.20 bits per heavy atom. The predicted molar refractivity (Wildman–Crippen MR) is 90.8 cm³/mol. The third-order valence-electron chi connectivity index (χ3n) is 3.71. The van der Waals surface area contributed by atoms with E-state index in [0.717, 1.165) is 30.1 Å². The van der Waals surface area contributed by atoms with Crippen LogP contribution in [0.25, 0.3) is 0 Å². The molecule has 0 atom stereocenters. The van der Waals surface area contributed by atoms with E-state index in [1.54, 1.807) is 0 Å². The number of benzene rings is 1. The molecule has 0 aliphatic rings. The summed E-state index contributed by atoms with van der Waals surface area (Å²) in [6, 6.07) is 6.93. The molecule has 0 radical (unpaired) electrons. The molecule has 3 heteroatoms. The zero-order chi connectivity index (χ0) is 15.3. The first-order valence-corrected chi connectivity index (χ1v) is 7.92. The molecule has 114 valence electrons. The van der Waals surface area contributed by atoms with Crippen molar-refractivity contribution in [1.29, 1.82) is 0 Å². The normalized spacial score (nSPS) is 12.0. The first kappa shape index (κ1) is 17.3. The summed E-state index contributed by atoms with van der Waals surface area (Å²) in [5, 5.41) is 4.33. The van der Waals surface area contributed by atoms with Gasteiger partial charge in [-0.1, -0.05) is 31.5 Å². The number of hydrogen-bond acceptors (Lipinski definition) is 2. The minimum absolute atomic E-state index is 0.122. The van der Waals surface area contributed by atoms with E-state index in [1.165, 1.54) is 5.56 Å². The molecule has 0 aliphatic carbocycles. The maximum Gasteiger partial charge on any atom is 0.0642 e. The van der Waals surface area contributed by atoms with E-state index < -0.39 is 0 Å². The quantitative estimate of drug-likeness (QED) is 0.807. The van der Waals surface area contributed by atoms with Gasteiger partial charge in [-0.2, -0.15) is 0 Å². The summed E-state index contributed by atoms with van der Waals surface area (Å²) in [5.74, 6) is 0. The largest absolute Gasteiger partial charge is 0.370 e. The molecule has 0 saturated carbocycles. The van der Waals surface area contributed by atoms with Crippen LogP contribution in [0.15, 0.2) is 18.2 Å². The van der Waals surface area contributed by atoms with Gasteiger partial charge in [-0.3, -0.25) is 0 Å². The zero-order valence-corrected chi connectivity index (χ0v) is 14.5. The fraction of sp³-hybridized carbons (Fsp3) is 0.647. The van der Waals surface area contributed by atoms with Crippen LogP contribution in [0.5, 0.6) is 0 Å². The molecule has 2 nitrogen and oxygen atoms in total. The van der Waals surface area contributed by atoms with E-state index in [2.05, 4.69) is 70.1 Å². The standard InChI is InChI=1S/C17H29ClN2/c1-7-14(8-2)20(6)16-10-9-13(11-15(16)18)12-19-17(3,4)5/h9-11,14,19H,7-8,12H2,1-6H3. The molecule has 0 amide bonds. The molecule has 0 bridgehead atoms. The van der Waals surface area contributed by atoms with E-state index in [9.17, 15) is 0 Å². The van der Waals surface area contributed by atoms with Crippen LogP contribution in [-0.4, -0.2) is 18.6 Å². The van der Waals surface area contributed by atoms with Gasteiger partial charge < -0.3 is 10.2 Å². The van der Waals surface area contributed by atoms with Crippen LogP contribution < -0.4 is 10.2 Å². The van der Waals surface area contributed by atoms with Crippen LogP contribution in [0.4, 0.5) is 5.69 Å². The number of rotatable bonds is 6. The number of nitrogens with one attached hydrogen (secondary N) is 1. The van der Waals surface area contributed by atoms with Gasteiger partial charge in [0.1, 0.15) is 0 Å². The van der Waals surface area contributed by atoms with Crippen molar-refractivity contribution in [2.45, 2.75) is 65.6 Å². The second-order valence-electron chi connectivity index (χ2n) is 6.47. The van der Waals surface area contributed by atoms with Gasteiger partial charge in [-0.15, -0.1) is 0 Å². The lowest BCUT2D eigenvalue weighted by molar-refractivity contribution is 0.424. The Kier molecular flexibility index (Phi) is 6.35. The van der Waals surface area contributed by atoms with Gasteiger partial charge in [0, 0.05) is 25.2 Å². The SMILES string of the molecule is CCC(CC)N(C)c1ccc(CNC(C)(C)C)cc1Cl. The topological polar surface area (TPSA) is 15.3 Å². The molecule has 1 aromatic rings. The third kappa shape index (κ3) is 4.99. The number of hydrogen-bond donors (Lipinski definition) is 1. The van der Waals surface area contributed by atoms with Crippen molar-refractivity contribution in [3.63, 3.8) is 0 Å². The fourth-order valence-corrected chi connectivity index (χ4v) is 2.68. The highest BCUT2D eigenvalue weighted by atomic mass is 35.5. The molecule has 0 aromatic heterocycles. The first-order chi connectivity index (χ1) is 9.28. The average Bonchev–Trinajstić information content (AvgIpc) is 2.37. The highest BCUT2D eigenvalue weighted by Gasteiger charge is 2.15. The van der Waals surface area contributed by atoms with Crippen LogP contribution in [-0.2, 0) is 6.54 Å². The van der Waals surface area contributed by atoms with Gasteiger partial charge in [0.15, 0.2) is 0 Å². The highest BCUT2D eigenvalue weighted by molar-refractivity contribution is 6.33.